The first-order valence-corrected chi connectivity index (χ1v) is 10.9. The number of rotatable bonds is 11. The average molecular weight is 482 g/mol. The summed E-state index contributed by atoms with van der Waals surface area (Å²) in [7, 11) is 4.69. The molecule has 0 aliphatic heterocycles. The molecular formula is C26H28FN3O5. The Balaban J connectivity index is 1.60. The van der Waals surface area contributed by atoms with Crippen molar-refractivity contribution in [1.29, 1.82) is 0 Å². The van der Waals surface area contributed by atoms with Gasteiger partial charge >= 0.3 is 0 Å². The monoisotopic (exact) mass is 481 g/mol. The highest BCUT2D eigenvalue weighted by Crippen LogP contribution is 2.36. The van der Waals surface area contributed by atoms with Crippen molar-refractivity contribution < 1.29 is 28.2 Å². The molecule has 35 heavy (non-hydrogen) atoms. The minimum Gasteiger partial charge on any atom is -0.494 e. The molecule has 2 amide bonds. The number of anilines is 2. The maximum absolute atomic E-state index is 13.6. The Kier molecular flexibility index (Phi) is 9.02. The number of nitrogens with one attached hydrogen (secondary N) is 2. The molecule has 184 valence electrons. The molecule has 0 saturated heterocycles. The van der Waals surface area contributed by atoms with E-state index >= 15 is 0 Å². The van der Waals surface area contributed by atoms with Gasteiger partial charge in [-0.05, 0) is 31.3 Å². The number of hydrogen-bond acceptors (Lipinski definition) is 6. The molecule has 0 saturated carbocycles. The first-order valence-electron chi connectivity index (χ1n) is 10.9. The van der Waals surface area contributed by atoms with Crippen molar-refractivity contribution in [3.05, 3.63) is 78.1 Å². The van der Waals surface area contributed by atoms with Crippen LogP contribution in [0.5, 0.6) is 17.2 Å². The van der Waals surface area contributed by atoms with E-state index in [1.165, 1.54) is 20.3 Å². The first-order chi connectivity index (χ1) is 16.9. The highest BCUT2D eigenvalue weighted by Gasteiger charge is 2.17. The Hall–Kier alpha value is -4.11. The lowest BCUT2D eigenvalue weighted by Crippen LogP contribution is -2.33. The second-order valence-corrected chi connectivity index (χ2v) is 7.64. The molecule has 0 spiro atoms. The molecule has 0 unspecified atom stereocenters. The first kappa shape index (κ1) is 25.5. The number of halogens is 1. The van der Waals surface area contributed by atoms with Crippen LogP contribution >= 0.6 is 0 Å². The number of para-hydroxylation sites is 1. The van der Waals surface area contributed by atoms with Gasteiger partial charge in [-0.3, -0.25) is 14.5 Å². The number of nitrogens with zero attached hydrogens (tertiary/aromatic N) is 1. The third-order valence-corrected chi connectivity index (χ3v) is 5.06. The van der Waals surface area contributed by atoms with E-state index in [1.807, 2.05) is 6.07 Å². The zero-order valence-corrected chi connectivity index (χ0v) is 19.8. The van der Waals surface area contributed by atoms with Crippen molar-refractivity contribution in [1.82, 2.24) is 4.90 Å². The molecule has 3 rings (SSSR count). The molecule has 0 fully saturated rings. The highest BCUT2D eigenvalue weighted by molar-refractivity contribution is 6.05. The fourth-order valence-electron chi connectivity index (χ4n) is 3.26. The Morgan fingerprint density at radius 3 is 2.09 bits per heavy atom. The molecule has 0 bridgehead atoms. The second kappa shape index (κ2) is 12.4. The molecule has 0 aliphatic carbocycles. The fourth-order valence-corrected chi connectivity index (χ4v) is 3.26. The summed E-state index contributed by atoms with van der Waals surface area (Å²) in [5.41, 5.74) is 1.29. The van der Waals surface area contributed by atoms with Crippen LogP contribution in [0, 0.1) is 5.82 Å². The van der Waals surface area contributed by atoms with Gasteiger partial charge in [0.05, 0.1) is 32.1 Å². The number of carbonyl (C=O) groups excluding carboxylic acids is 2. The van der Waals surface area contributed by atoms with E-state index in [0.29, 0.717) is 35.0 Å². The molecule has 0 radical (unpaired) electrons. The zero-order chi connectivity index (χ0) is 25.2. The van der Waals surface area contributed by atoms with Crippen molar-refractivity contribution in [3.63, 3.8) is 0 Å². The van der Waals surface area contributed by atoms with Crippen LogP contribution in [0.1, 0.15) is 10.4 Å². The average Bonchev–Trinajstić information content (AvgIpc) is 2.86. The van der Waals surface area contributed by atoms with Gasteiger partial charge in [-0.25, -0.2) is 4.39 Å². The maximum atomic E-state index is 13.6. The number of benzene rings is 3. The zero-order valence-electron chi connectivity index (χ0n) is 19.8. The minimum atomic E-state index is -0.433. The lowest BCUT2D eigenvalue weighted by Gasteiger charge is -2.19. The van der Waals surface area contributed by atoms with Crippen molar-refractivity contribution in [2.75, 3.05) is 51.6 Å². The van der Waals surface area contributed by atoms with Gasteiger partial charge in [-0.2, -0.15) is 0 Å². The summed E-state index contributed by atoms with van der Waals surface area (Å²) in [5.74, 6) is -0.147. The predicted molar refractivity (Wildman–Crippen MR) is 132 cm³/mol. The topological polar surface area (TPSA) is 89.1 Å². The largest absolute Gasteiger partial charge is 0.494 e. The van der Waals surface area contributed by atoms with E-state index in [4.69, 9.17) is 14.2 Å². The highest BCUT2D eigenvalue weighted by atomic mass is 19.1. The van der Waals surface area contributed by atoms with Crippen molar-refractivity contribution in [2.24, 2.45) is 0 Å². The summed E-state index contributed by atoms with van der Waals surface area (Å²) in [6.07, 6.45) is 0. The normalized spacial score (nSPS) is 10.5. The number of likely N-dealkylation sites (N-methyl/N-ethyl adjacent to an activating group) is 1. The Morgan fingerprint density at radius 1 is 0.857 bits per heavy atom. The van der Waals surface area contributed by atoms with Crippen LogP contribution in [0.25, 0.3) is 0 Å². The van der Waals surface area contributed by atoms with E-state index in [1.54, 1.807) is 66.5 Å². The number of hydrogen-bond donors (Lipinski definition) is 2. The van der Waals surface area contributed by atoms with Crippen LogP contribution in [0.2, 0.25) is 0 Å². The minimum absolute atomic E-state index is 0.0681. The standard InChI is InChI=1S/C26H28FN3O5/c1-30(13-14-35-22-12-8-7-11-19(22)27)17-25(31)28-20-15-24(34-3)21(16-23(20)33-2)29-26(32)18-9-5-4-6-10-18/h4-12,15-16H,13-14,17H2,1-3H3,(H,28,31)(H,29,32). The van der Waals surface area contributed by atoms with Gasteiger partial charge in [-0.15, -0.1) is 0 Å². The van der Waals surface area contributed by atoms with Crippen LogP contribution in [0.4, 0.5) is 15.8 Å². The second-order valence-electron chi connectivity index (χ2n) is 7.64. The lowest BCUT2D eigenvalue weighted by atomic mass is 10.2. The van der Waals surface area contributed by atoms with Crippen LogP contribution in [0.15, 0.2) is 66.7 Å². The van der Waals surface area contributed by atoms with E-state index in [9.17, 15) is 14.0 Å². The summed E-state index contributed by atoms with van der Waals surface area (Å²) in [6, 6.07) is 18.1. The van der Waals surface area contributed by atoms with Crippen LogP contribution in [-0.2, 0) is 4.79 Å². The quantitative estimate of drug-likeness (QED) is 0.430. The van der Waals surface area contributed by atoms with Gasteiger partial charge in [-0.1, -0.05) is 30.3 Å². The Bertz CT molecular complexity index is 1160. The van der Waals surface area contributed by atoms with Crippen LogP contribution in [0.3, 0.4) is 0 Å². The number of ether oxygens (including phenoxy) is 3. The van der Waals surface area contributed by atoms with Crippen LogP contribution in [-0.4, -0.2) is 57.7 Å². The molecule has 0 aliphatic rings. The third-order valence-electron chi connectivity index (χ3n) is 5.06. The summed E-state index contributed by atoms with van der Waals surface area (Å²) in [6.45, 7) is 0.697. The van der Waals surface area contributed by atoms with Gasteiger partial charge in [0, 0.05) is 24.2 Å². The summed E-state index contributed by atoms with van der Waals surface area (Å²) >= 11 is 0. The fraction of sp³-hybridized carbons (Fsp3) is 0.231. The molecule has 8 nitrogen and oxygen atoms in total. The van der Waals surface area contributed by atoms with Gasteiger partial charge in [0.25, 0.3) is 5.91 Å². The SMILES string of the molecule is COc1cc(NC(=O)c2ccccc2)c(OC)cc1NC(=O)CN(C)CCOc1ccccc1F. The van der Waals surface area contributed by atoms with E-state index in [2.05, 4.69) is 10.6 Å². The van der Waals surface area contributed by atoms with Crippen molar-refractivity contribution >= 4 is 23.2 Å². The molecule has 0 heterocycles. The van der Waals surface area contributed by atoms with E-state index in [-0.39, 0.29) is 30.7 Å². The molecule has 0 aromatic heterocycles. The number of amides is 2. The van der Waals surface area contributed by atoms with Crippen molar-refractivity contribution in [3.8, 4) is 17.2 Å². The molecular weight excluding hydrogens is 453 g/mol. The third kappa shape index (κ3) is 7.18. The Labute approximate surface area is 203 Å². The molecule has 3 aromatic rings. The van der Waals surface area contributed by atoms with Gasteiger partial charge in [0.1, 0.15) is 18.1 Å². The summed E-state index contributed by atoms with van der Waals surface area (Å²) < 4.78 is 29.9. The van der Waals surface area contributed by atoms with Gasteiger partial charge in [0.2, 0.25) is 5.91 Å². The lowest BCUT2D eigenvalue weighted by molar-refractivity contribution is -0.117. The van der Waals surface area contributed by atoms with E-state index < -0.39 is 5.82 Å². The number of carbonyl (C=O) groups is 2. The summed E-state index contributed by atoms with van der Waals surface area (Å²) in [5, 5.41) is 5.60. The number of methoxy groups -OCH3 is 2. The molecule has 3 aromatic carbocycles. The van der Waals surface area contributed by atoms with Crippen molar-refractivity contribution in [2.45, 2.75) is 0 Å². The maximum Gasteiger partial charge on any atom is 0.255 e. The molecule has 0 atom stereocenters. The van der Waals surface area contributed by atoms with Crippen LogP contribution < -0.4 is 24.8 Å². The predicted octanol–water partition coefficient (Wildman–Crippen LogP) is 4.04. The molecule has 2 N–H and O–H groups in total. The Morgan fingerprint density at radius 2 is 1.46 bits per heavy atom. The van der Waals surface area contributed by atoms with Gasteiger partial charge < -0.3 is 24.8 Å². The molecule has 9 heteroatoms. The summed E-state index contributed by atoms with van der Waals surface area (Å²) in [4.78, 5) is 26.9. The van der Waals surface area contributed by atoms with Gasteiger partial charge in [0.15, 0.2) is 11.6 Å². The van der Waals surface area contributed by atoms with E-state index in [0.717, 1.165) is 0 Å². The smallest absolute Gasteiger partial charge is 0.255 e.